The highest BCUT2D eigenvalue weighted by atomic mass is 32.2. The molecule has 5 saturated heterocycles. The van der Waals surface area contributed by atoms with Crippen molar-refractivity contribution < 1.29 is 14.4 Å². The molecule has 0 aromatic heterocycles. The molecule has 0 radical (unpaired) electrons. The quantitative estimate of drug-likeness (QED) is 0.523. The minimum absolute atomic E-state index is 0.0330. The molecule has 8 heteroatoms. The predicted molar refractivity (Wildman–Crippen MR) is 111 cm³/mol. The molecule has 5 aliphatic rings. The lowest BCUT2D eigenvalue weighted by Gasteiger charge is -2.52. The van der Waals surface area contributed by atoms with Crippen LogP contribution >= 0.6 is 11.8 Å². The Kier molecular flexibility index (Phi) is 5.39. The van der Waals surface area contributed by atoms with Crippen molar-refractivity contribution in [1.29, 1.82) is 0 Å². The van der Waals surface area contributed by atoms with Crippen LogP contribution in [0.2, 0.25) is 0 Å². The molecule has 7 nitrogen and oxygen atoms in total. The molecule has 5 aliphatic heterocycles. The average Bonchev–Trinajstić information content (AvgIpc) is 3.25. The van der Waals surface area contributed by atoms with E-state index in [1.807, 2.05) is 11.8 Å². The van der Waals surface area contributed by atoms with Gasteiger partial charge in [0.05, 0.1) is 12.1 Å². The third-order valence-electron chi connectivity index (χ3n) is 7.60. The molecule has 29 heavy (non-hydrogen) atoms. The van der Waals surface area contributed by atoms with Crippen LogP contribution in [0.1, 0.15) is 51.4 Å². The molecule has 5 heterocycles. The highest BCUT2D eigenvalue weighted by molar-refractivity contribution is 8.00. The Morgan fingerprint density at radius 2 is 2.03 bits per heavy atom. The number of nitrogens with zero attached hydrogens (tertiary/aromatic N) is 2. The Labute approximate surface area is 176 Å². The van der Waals surface area contributed by atoms with Crippen LogP contribution in [0.15, 0.2) is 0 Å². The zero-order valence-electron chi connectivity index (χ0n) is 17.0. The summed E-state index contributed by atoms with van der Waals surface area (Å²) in [5, 5.41) is 6.50. The van der Waals surface area contributed by atoms with Crippen LogP contribution < -0.4 is 10.6 Å². The molecule has 2 bridgehead atoms. The summed E-state index contributed by atoms with van der Waals surface area (Å²) < 4.78 is 0. The van der Waals surface area contributed by atoms with Gasteiger partial charge in [0.2, 0.25) is 11.8 Å². The Balaban J connectivity index is 1.07. The number of carbonyl (C=O) groups is 3. The number of rotatable bonds is 5. The molecule has 0 saturated carbocycles. The van der Waals surface area contributed by atoms with Gasteiger partial charge < -0.3 is 20.4 Å². The van der Waals surface area contributed by atoms with Gasteiger partial charge in [-0.2, -0.15) is 11.8 Å². The maximum absolute atomic E-state index is 12.8. The molecule has 5 rings (SSSR count). The average molecular weight is 421 g/mol. The fraction of sp³-hybridized carbons (Fsp3) is 0.857. The largest absolute Gasteiger partial charge is 0.342 e. The molecule has 160 valence electrons. The van der Waals surface area contributed by atoms with E-state index in [4.69, 9.17) is 0 Å². The number of likely N-dealkylation sites (tertiary alicyclic amines) is 1. The van der Waals surface area contributed by atoms with Crippen LogP contribution in [-0.2, 0) is 9.59 Å². The summed E-state index contributed by atoms with van der Waals surface area (Å²) >= 11 is 1.94. The molecule has 4 amide bonds. The molecule has 0 unspecified atom stereocenters. The van der Waals surface area contributed by atoms with E-state index in [2.05, 4.69) is 20.4 Å². The lowest BCUT2D eigenvalue weighted by Crippen LogP contribution is -2.61. The van der Waals surface area contributed by atoms with Gasteiger partial charge in [-0.15, -0.1) is 0 Å². The SMILES string of the molecule is O=C1N[C@H]2[C@H](CS[C@H]2CCCCC(=O)N2C[C@H]3C[C@@H](C2)[C@H]2CCCC(=O)N2C3)N1. The first kappa shape index (κ1) is 19.5. The van der Waals surface area contributed by atoms with Crippen LogP contribution in [-0.4, -0.2) is 76.4 Å². The van der Waals surface area contributed by atoms with Gasteiger partial charge in [0.1, 0.15) is 0 Å². The summed E-state index contributed by atoms with van der Waals surface area (Å²) in [6, 6.07) is 0.865. The number of amides is 4. The van der Waals surface area contributed by atoms with Crippen LogP contribution in [0.5, 0.6) is 0 Å². The maximum Gasteiger partial charge on any atom is 0.315 e. The molecular formula is C21H32N4O3S. The second kappa shape index (κ2) is 8.00. The van der Waals surface area contributed by atoms with Gasteiger partial charge in [-0.3, -0.25) is 9.59 Å². The Morgan fingerprint density at radius 1 is 1.14 bits per heavy atom. The number of unbranched alkanes of at least 4 members (excludes halogenated alkanes) is 1. The molecule has 2 N–H and O–H groups in total. The summed E-state index contributed by atoms with van der Waals surface area (Å²) in [4.78, 5) is 40.8. The zero-order chi connectivity index (χ0) is 20.0. The standard InChI is InChI=1S/C21H32N4O3S/c26-18(6-2-1-5-17-20-15(12-29-17)22-21(28)23-20)24-9-13-8-14(11-24)16-4-3-7-19(27)25(16)10-13/h13-17,20H,1-12H2,(H2,22,23,28)/t13-,14+,15+,16-,17+,20+/m1/s1. The summed E-state index contributed by atoms with van der Waals surface area (Å²) in [6.45, 7) is 2.51. The van der Waals surface area contributed by atoms with Crippen molar-refractivity contribution in [2.75, 3.05) is 25.4 Å². The Hall–Kier alpha value is -1.44. The second-order valence-corrected chi connectivity index (χ2v) is 10.8. The minimum atomic E-state index is -0.0330. The third-order valence-corrected chi connectivity index (χ3v) is 9.11. The zero-order valence-corrected chi connectivity index (χ0v) is 17.8. The number of thioether (sulfide) groups is 1. The number of urea groups is 1. The van der Waals surface area contributed by atoms with Crippen LogP contribution in [0.4, 0.5) is 4.79 Å². The van der Waals surface area contributed by atoms with Crippen molar-refractivity contribution in [1.82, 2.24) is 20.4 Å². The van der Waals surface area contributed by atoms with Gasteiger partial charge in [0.25, 0.3) is 0 Å². The third kappa shape index (κ3) is 3.84. The topological polar surface area (TPSA) is 81.8 Å². The number of piperidine rings is 3. The Morgan fingerprint density at radius 3 is 2.93 bits per heavy atom. The summed E-state index contributed by atoms with van der Waals surface area (Å²) in [7, 11) is 0. The molecule has 6 atom stereocenters. The van der Waals surface area contributed by atoms with E-state index in [0.717, 1.165) is 57.5 Å². The summed E-state index contributed by atoms with van der Waals surface area (Å²) in [6.07, 6.45) is 7.65. The smallest absolute Gasteiger partial charge is 0.315 e. The first-order valence-corrected chi connectivity index (χ1v) is 12.4. The molecule has 0 aliphatic carbocycles. The van der Waals surface area contributed by atoms with Crippen molar-refractivity contribution in [3.05, 3.63) is 0 Å². The molecule has 0 spiro atoms. The minimum Gasteiger partial charge on any atom is -0.342 e. The monoisotopic (exact) mass is 420 g/mol. The highest BCUT2D eigenvalue weighted by Crippen LogP contribution is 2.38. The van der Waals surface area contributed by atoms with Crippen molar-refractivity contribution in [3.8, 4) is 0 Å². The van der Waals surface area contributed by atoms with Crippen LogP contribution in [0, 0.1) is 11.8 Å². The summed E-state index contributed by atoms with van der Waals surface area (Å²) in [5.74, 6) is 2.55. The fourth-order valence-corrected chi connectivity index (χ4v) is 7.78. The first-order valence-electron chi connectivity index (χ1n) is 11.3. The van der Waals surface area contributed by atoms with Gasteiger partial charge in [-0.05, 0) is 43.9 Å². The normalized spacial score (nSPS) is 38.3. The van der Waals surface area contributed by atoms with Gasteiger partial charge in [0, 0.05) is 49.5 Å². The predicted octanol–water partition coefficient (Wildman–Crippen LogP) is 1.57. The molecule has 0 aromatic rings. The van der Waals surface area contributed by atoms with Gasteiger partial charge in [-0.25, -0.2) is 4.79 Å². The highest BCUT2D eigenvalue weighted by Gasteiger charge is 2.45. The van der Waals surface area contributed by atoms with Crippen molar-refractivity contribution in [3.63, 3.8) is 0 Å². The van der Waals surface area contributed by atoms with Crippen molar-refractivity contribution >= 4 is 29.6 Å². The van der Waals surface area contributed by atoms with Crippen molar-refractivity contribution in [2.45, 2.75) is 74.7 Å². The van der Waals surface area contributed by atoms with Gasteiger partial charge in [0.15, 0.2) is 0 Å². The van der Waals surface area contributed by atoms with Gasteiger partial charge in [-0.1, -0.05) is 6.42 Å². The van der Waals surface area contributed by atoms with Crippen LogP contribution in [0.3, 0.4) is 0 Å². The van der Waals surface area contributed by atoms with E-state index < -0.39 is 0 Å². The van der Waals surface area contributed by atoms with Crippen LogP contribution in [0.25, 0.3) is 0 Å². The first-order chi connectivity index (χ1) is 14.1. The van der Waals surface area contributed by atoms with E-state index in [0.29, 0.717) is 47.8 Å². The fourth-order valence-electron chi connectivity index (χ4n) is 6.24. The number of hydrogen-bond donors (Lipinski definition) is 2. The lowest BCUT2D eigenvalue weighted by molar-refractivity contribution is -0.148. The van der Waals surface area contributed by atoms with Gasteiger partial charge >= 0.3 is 6.03 Å². The number of carbonyl (C=O) groups excluding carboxylic acids is 3. The molecular weight excluding hydrogens is 388 g/mol. The number of nitrogens with one attached hydrogen (secondary N) is 2. The summed E-state index contributed by atoms with van der Waals surface area (Å²) in [5.41, 5.74) is 0. The van der Waals surface area contributed by atoms with E-state index in [1.165, 1.54) is 6.42 Å². The van der Waals surface area contributed by atoms with E-state index in [-0.39, 0.29) is 18.1 Å². The molecule has 5 fully saturated rings. The van der Waals surface area contributed by atoms with E-state index >= 15 is 0 Å². The number of hydrogen-bond acceptors (Lipinski definition) is 4. The van der Waals surface area contributed by atoms with E-state index in [1.54, 1.807) is 0 Å². The Bertz CT molecular complexity index is 689. The maximum atomic E-state index is 12.8. The van der Waals surface area contributed by atoms with E-state index in [9.17, 15) is 14.4 Å². The number of fused-ring (bicyclic) bond motifs is 5. The second-order valence-electron chi connectivity index (χ2n) is 9.53. The van der Waals surface area contributed by atoms with Crippen molar-refractivity contribution in [2.24, 2.45) is 11.8 Å². The molecule has 0 aromatic carbocycles. The lowest BCUT2D eigenvalue weighted by atomic mass is 9.76.